The molecule has 1 rings (SSSR count). The van der Waals surface area contributed by atoms with Gasteiger partial charge in [0.05, 0.1) is 13.2 Å². The van der Waals surface area contributed by atoms with Gasteiger partial charge >= 0.3 is 6.18 Å². The molecular formula is C15H19F3O3. The first-order valence-electron chi connectivity index (χ1n) is 6.91. The predicted octanol–water partition coefficient (Wildman–Crippen LogP) is 4.40. The minimum atomic E-state index is -4.90. The van der Waals surface area contributed by atoms with Crippen LogP contribution in [-0.2, 0) is 0 Å². The van der Waals surface area contributed by atoms with Crippen molar-refractivity contribution in [3.63, 3.8) is 0 Å². The first-order valence-corrected chi connectivity index (χ1v) is 6.91. The summed E-state index contributed by atoms with van der Waals surface area (Å²) < 4.78 is 48.0. The van der Waals surface area contributed by atoms with Crippen molar-refractivity contribution < 1.29 is 27.4 Å². The number of carbonyl (C=O) groups is 1. The Morgan fingerprint density at radius 1 is 1.10 bits per heavy atom. The standard InChI is InChI=1S/C15H19F3O3/c1-3-5-6-9-21-12-8-7-11(10-13(12)20-4-2)14(19)15(16,17)18/h7-8,10H,3-6,9H2,1-2H3. The molecule has 0 spiro atoms. The van der Waals surface area contributed by atoms with Gasteiger partial charge in [-0.25, -0.2) is 0 Å². The molecule has 0 aromatic heterocycles. The van der Waals surface area contributed by atoms with Gasteiger partial charge in [-0.05, 0) is 31.5 Å². The monoisotopic (exact) mass is 304 g/mol. The third-order valence-corrected chi connectivity index (χ3v) is 2.77. The Labute approximate surface area is 122 Å². The zero-order valence-electron chi connectivity index (χ0n) is 12.1. The van der Waals surface area contributed by atoms with Crippen molar-refractivity contribution in [2.24, 2.45) is 0 Å². The van der Waals surface area contributed by atoms with E-state index < -0.39 is 17.5 Å². The van der Waals surface area contributed by atoms with Crippen LogP contribution in [0.2, 0.25) is 0 Å². The molecular weight excluding hydrogens is 285 g/mol. The zero-order valence-corrected chi connectivity index (χ0v) is 12.1. The van der Waals surface area contributed by atoms with Gasteiger partial charge in [0.2, 0.25) is 0 Å². The second-order valence-electron chi connectivity index (χ2n) is 4.48. The van der Waals surface area contributed by atoms with Crippen LogP contribution in [0, 0.1) is 0 Å². The van der Waals surface area contributed by atoms with E-state index in [0.29, 0.717) is 12.4 Å². The lowest BCUT2D eigenvalue weighted by molar-refractivity contribution is -0.0885. The zero-order chi connectivity index (χ0) is 15.9. The lowest BCUT2D eigenvalue weighted by Gasteiger charge is -2.13. The number of unbranched alkanes of at least 4 members (excludes halogenated alkanes) is 2. The van der Waals surface area contributed by atoms with Crippen LogP contribution in [0.1, 0.15) is 43.5 Å². The van der Waals surface area contributed by atoms with Crippen molar-refractivity contribution in [1.82, 2.24) is 0 Å². The Morgan fingerprint density at radius 3 is 2.38 bits per heavy atom. The molecule has 0 fully saturated rings. The maximum atomic E-state index is 12.4. The van der Waals surface area contributed by atoms with E-state index >= 15 is 0 Å². The minimum absolute atomic E-state index is 0.157. The number of hydrogen-bond acceptors (Lipinski definition) is 3. The van der Waals surface area contributed by atoms with Crippen LogP contribution in [-0.4, -0.2) is 25.2 Å². The largest absolute Gasteiger partial charge is 0.490 e. The number of hydrogen-bond donors (Lipinski definition) is 0. The highest BCUT2D eigenvalue weighted by molar-refractivity contribution is 6.00. The molecule has 0 radical (unpaired) electrons. The third kappa shape index (κ3) is 5.28. The third-order valence-electron chi connectivity index (χ3n) is 2.77. The van der Waals surface area contributed by atoms with Gasteiger partial charge < -0.3 is 9.47 Å². The Kier molecular flexibility index (Phi) is 6.52. The van der Waals surface area contributed by atoms with Crippen molar-refractivity contribution in [3.8, 4) is 11.5 Å². The van der Waals surface area contributed by atoms with E-state index in [2.05, 4.69) is 6.92 Å². The quantitative estimate of drug-likeness (QED) is 0.527. The van der Waals surface area contributed by atoms with E-state index in [1.807, 2.05) is 0 Å². The lowest BCUT2D eigenvalue weighted by Crippen LogP contribution is -2.22. The van der Waals surface area contributed by atoms with E-state index in [9.17, 15) is 18.0 Å². The highest BCUT2D eigenvalue weighted by atomic mass is 19.4. The molecule has 0 atom stereocenters. The van der Waals surface area contributed by atoms with Gasteiger partial charge in [0, 0.05) is 5.56 Å². The smallest absolute Gasteiger partial charge is 0.454 e. The maximum absolute atomic E-state index is 12.4. The molecule has 0 aliphatic rings. The van der Waals surface area contributed by atoms with Crippen LogP contribution < -0.4 is 9.47 Å². The van der Waals surface area contributed by atoms with Crippen LogP contribution in [0.4, 0.5) is 13.2 Å². The fourth-order valence-corrected chi connectivity index (χ4v) is 1.73. The summed E-state index contributed by atoms with van der Waals surface area (Å²) >= 11 is 0. The Morgan fingerprint density at radius 2 is 1.81 bits per heavy atom. The molecule has 1 aromatic carbocycles. The lowest BCUT2D eigenvalue weighted by atomic mass is 10.1. The fourth-order valence-electron chi connectivity index (χ4n) is 1.73. The predicted molar refractivity (Wildman–Crippen MR) is 73.0 cm³/mol. The Balaban J connectivity index is 2.88. The average molecular weight is 304 g/mol. The number of ketones is 1. The van der Waals surface area contributed by atoms with Crippen LogP contribution >= 0.6 is 0 Å². The normalized spacial score (nSPS) is 11.3. The summed E-state index contributed by atoms with van der Waals surface area (Å²) in [5, 5.41) is 0. The summed E-state index contributed by atoms with van der Waals surface area (Å²) in [6.07, 6.45) is -1.99. The van der Waals surface area contributed by atoms with E-state index in [-0.39, 0.29) is 12.4 Å². The van der Waals surface area contributed by atoms with Crippen molar-refractivity contribution in [2.75, 3.05) is 13.2 Å². The first-order chi connectivity index (χ1) is 9.90. The molecule has 0 amide bonds. The summed E-state index contributed by atoms with van der Waals surface area (Å²) in [5.74, 6) is -1.38. The van der Waals surface area contributed by atoms with Crippen LogP contribution in [0.25, 0.3) is 0 Å². The van der Waals surface area contributed by atoms with Crippen LogP contribution in [0.15, 0.2) is 18.2 Å². The molecule has 0 N–H and O–H groups in total. The minimum Gasteiger partial charge on any atom is -0.490 e. The first kappa shape index (κ1) is 17.3. The fraction of sp³-hybridized carbons (Fsp3) is 0.533. The molecule has 0 bridgehead atoms. The number of benzene rings is 1. The van der Waals surface area contributed by atoms with Crippen LogP contribution in [0.5, 0.6) is 11.5 Å². The molecule has 0 aliphatic carbocycles. The maximum Gasteiger partial charge on any atom is 0.454 e. The number of carbonyl (C=O) groups excluding carboxylic acids is 1. The molecule has 1 aromatic rings. The number of alkyl halides is 3. The SMILES string of the molecule is CCCCCOc1ccc(C(=O)C(F)(F)F)cc1OCC. The molecule has 0 saturated heterocycles. The summed E-state index contributed by atoms with van der Waals surface area (Å²) in [4.78, 5) is 11.2. The summed E-state index contributed by atoms with van der Waals surface area (Å²) in [6, 6.07) is 3.53. The van der Waals surface area contributed by atoms with Crippen molar-refractivity contribution >= 4 is 5.78 Å². The van der Waals surface area contributed by atoms with Crippen molar-refractivity contribution in [1.29, 1.82) is 0 Å². The Hall–Kier alpha value is -1.72. The number of ether oxygens (including phenoxy) is 2. The molecule has 0 aliphatic heterocycles. The van der Waals surface area contributed by atoms with E-state index in [1.54, 1.807) is 6.92 Å². The van der Waals surface area contributed by atoms with Gasteiger partial charge in [0.25, 0.3) is 5.78 Å². The van der Waals surface area contributed by atoms with Crippen molar-refractivity contribution in [2.45, 2.75) is 39.3 Å². The van der Waals surface area contributed by atoms with Gasteiger partial charge in [-0.1, -0.05) is 19.8 Å². The van der Waals surface area contributed by atoms with Gasteiger partial charge in [-0.2, -0.15) is 13.2 Å². The van der Waals surface area contributed by atoms with Gasteiger partial charge in [0.15, 0.2) is 11.5 Å². The second-order valence-corrected chi connectivity index (χ2v) is 4.48. The molecule has 118 valence electrons. The highest BCUT2D eigenvalue weighted by Gasteiger charge is 2.39. The van der Waals surface area contributed by atoms with E-state index in [0.717, 1.165) is 31.4 Å². The number of rotatable bonds is 8. The summed E-state index contributed by atoms with van der Waals surface area (Å²) in [5.41, 5.74) is -0.452. The summed E-state index contributed by atoms with van der Waals surface area (Å²) in [7, 11) is 0. The topological polar surface area (TPSA) is 35.5 Å². The summed E-state index contributed by atoms with van der Waals surface area (Å²) in [6.45, 7) is 4.50. The molecule has 0 saturated carbocycles. The van der Waals surface area contributed by atoms with Gasteiger partial charge in [-0.15, -0.1) is 0 Å². The van der Waals surface area contributed by atoms with Gasteiger partial charge in [-0.3, -0.25) is 4.79 Å². The number of halogens is 3. The molecule has 0 heterocycles. The van der Waals surface area contributed by atoms with Crippen molar-refractivity contribution in [3.05, 3.63) is 23.8 Å². The molecule has 21 heavy (non-hydrogen) atoms. The molecule has 0 unspecified atom stereocenters. The Bertz CT molecular complexity index is 470. The number of Topliss-reactive ketones (excluding diaryl/α,β-unsaturated/α-hetero) is 1. The average Bonchev–Trinajstić information content (AvgIpc) is 2.43. The highest BCUT2D eigenvalue weighted by Crippen LogP contribution is 2.31. The second kappa shape index (κ2) is 7.90. The molecule has 6 heteroatoms. The van der Waals surface area contributed by atoms with E-state index in [1.165, 1.54) is 6.07 Å². The molecule has 3 nitrogen and oxygen atoms in total. The van der Waals surface area contributed by atoms with Gasteiger partial charge in [0.1, 0.15) is 0 Å². The van der Waals surface area contributed by atoms with E-state index in [4.69, 9.17) is 9.47 Å². The van der Waals surface area contributed by atoms with Crippen LogP contribution in [0.3, 0.4) is 0 Å².